The summed E-state index contributed by atoms with van der Waals surface area (Å²) in [5.74, 6) is -2.02. The predicted molar refractivity (Wildman–Crippen MR) is 123 cm³/mol. The number of carbonyl (C=O) groups is 3. The standard InChI is InChI=1S/C25H37N3O5/c1-6-12-26-13-7-10-24(5)17(20(26)30)18-21(31)27(14-9-16-29)19-22(32)28(23(2,3)4)15-8-11-25(18,19)33-24/h7-8,10-11,17-19,29H,6,9,12-16H2,1-5H3/t17-,18-,19?,24+,25-/m0/s1. The molecule has 5 atom stereocenters. The second-order valence-corrected chi connectivity index (χ2v) is 10.8. The Morgan fingerprint density at radius 1 is 1.03 bits per heavy atom. The van der Waals surface area contributed by atoms with E-state index in [1.807, 2.05) is 58.9 Å². The van der Waals surface area contributed by atoms with Crippen LogP contribution in [0.3, 0.4) is 0 Å². The minimum absolute atomic E-state index is 0.0882. The number of hydrogen-bond donors (Lipinski definition) is 1. The second-order valence-electron chi connectivity index (χ2n) is 10.8. The molecule has 2 saturated heterocycles. The van der Waals surface area contributed by atoms with Crippen LogP contribution in [0.15, 0.2) is 24.3 Å². The molecule has 0 radical (unpaired) electrons. The Balaban J connectivity index is 1.86. The minimum atomic E-state index is -1.22. The molecule has 1 unspecified atom stereocenters. The molecular weight excluding hydrogens is 422 g/mol. The van der Waals surface area contributed by atoms with Crippen molar-refractivity contribution in [3.8, 4) is 0 Å². The van der Waals surface area contributed by atoms with E-state index in [1.54, 1.807) is 14.7 Å². The molecule has 4 aliphatic rings. The Morgan fingerprint density at radius 2 is 1.73 bits per heavy atom. The molecule has 0 saturated carbocycles. The fourth-order valence-electron chi connectivity index (χ4n) is 6.13. The Hall–Kier alpha value is -2.19. The van der Waals surface area contributed by atoms with Gasteiger partial charge in [-0.3, -0.25) is 14.4 Å². The number of fused-ring (bicyclic) bond motifs is 2. The van der Waals surface area contributed by atoms with Gasteiger partial charge in [0.15, 0.2) is 0 Å². The van der Waals surface area contributed by atoms with Crippen molar-refractivity contribution in [3.05, 3.63) is 24.3 Å². The third-order valence-electron chi connectivity index (χ3n) is 7.50. The fraction of sp³-hybridized carbons (Fsp3) is 0.720. The maximum Gasteiger partial charge on any atom is 0.249 e. The van der Waals surface area contributed by atoms with Gasteiger partial charge in [-0.25, -0.2) is 0 Å². The lowest BCUT2D eigenvalue weighted by atomic mass is 9.74. The summed E-state index contributed by atoms with van der Waals surface area (Å²) < 4.78 is 6.74. The van der Waals surface area contributed by atoms with Crippen molar-refractivity contribution < 1.29 is 24.2 Å². The monoisotopic (exact) mass is 459 g/mol. The molecule has 0 aliphatic carbocycles. The predicted octanol–water partition coefficient (Wildman–Crippen LogP) is 1.35. The fourth-order valence-corrected chi connectivity index (χ4v) is 6.13. The van der Waals surface area contributed by atoms with E-state index in [4.69, 9.17) is 4.74 Å². The first-order valence-corrected chi connectivity index (χ1v) is 12.1. The summed E-state index contributed by atoms with van der Waals surface area (Å²) in [6.07, 6.45) is 8.80. The van der Waals surface area contributed by atoms with Crippen molar-refractivity contribution in [2.24, 2.45) is 11.8 Å². The van der Waals surface area contributed by atoms with Crippen molar-refractivity contribution in [1.82, 2.24) is 14.7 Å². The zero-order chi connectivity index (χ0) is 24.2. The number of ether oxygens (including phenoxy) is 1. The molecule has 8 nitrogen and oxygen atoms in total. The van der Waals surface area contributed by atoms with Gasteiger partial charge < -0.3 is 24.5 Å². The molecule has 0 aromatic carbocycles. The van der Waals surface area contributed by atoms with Gasteiger partial charge in [-0.1, -0.05) is 31.2 Å². The topological polar surface area (TPSA) is 90.4 Å². The molecular formula is C25H37N3O5. The molecule has 0 aromatic rings. The van der Waals surface area contributed by atoms with Crippen molar-refractivity contribution in [1.29, 1.82) is 0 Å². The highest BCUT2D eigenvalue weighted by Crippen LogP contribution is 2.57. The number of hydrogen-bond acceptors (Lipinski definition) is 5. The smallest absolute Gasteiger partial charge is 0.249 e. The molecule has 4 rings (SSSR count). The van der Waals surface area contributed by atoms with Crippen LogP contribution in [-0.4, -0.2) is 93.1 Å². The number of carbonyl (C=O) groups excluding carboxylic acids is 3. The number of amides is 3. The summed E-state index contributed by atoms with van der Waals surface area (Å²) in [7, 11) is 0. The van der Waals surface area contributed by atoms with Crippen LogP contribution in [0.4, 0.5) is 0 Å². The average molecular weight is 460 g/mol. The van der Waals surface area contributed by atoms with Crippen LogP contribution in [0, 0.1) is 11.8 Å². The van der Waals surface area contributed by atoms with E-state index >= 15 is 0 Å². The third kappa shape index (κ3) is 3.53. The quantitative estimate of drug-likeness (QED) is 0.627. The molecule has 1 spiro atoms. The summed E-state index contributed by atoms with van der Waals surface area (Å²) in [4.78, 5) is 46.8. The highest BCUT2D eigenvalue weighted by molar-refractivity contribution is 6.00. The third-order valence-corrected chi connectivity index (χ3v) is 7.50. The first-order valence-electron chi connectivity index (χ1n) is 12.1. The first-order chi connectivity index (χ1) is 15.5. The molecule has 8 heteroatoms. The zero-order valence-electron chi connectivity index (χ0n) is 20.4. The molecule has 0 aromatic heterocycles. The van der Waals surface area contributed by atoms with Crippen molar-refractivity contribution in [2.75, 3.05) is 32.8 Å². The summed E-state index contributed by atoms with van der Waals surface area (Å²) >= 11 is 0. The second kappa shape index (κ2) is 8.24. The number of nitrogens with zero attached hydrogens (tertiary/aromatic N) is 3. The number of aliphatic hydroxyl groups excluding tert-OH is 1. The van der Waals surface area contributed by atoms with Gasteiger partial charge in [0.05, 0.1) is 17.4 Å². The van der Waals surface area contributed by atoms with Gasteiger partial charge in [0.25, 0.3) is 0 Å². The van der Waals surface area contributed by atoms with E-state index in [2.05, 4.69) is 0 Å². The normalized spacial score (nSPS) is 36.1. The first kappa shape index (κ1) is 24.0. The van der Waals surface area contributed by atoms with Crippen molar-refractivity contribution >= 4 is 17.7 Å². The molecule has 3 amide bonds. The van der Waals surface area contributed by atoms with E-state index in [0.717, 1.165) is 6.42 Å². The maximum absolute atomic E-state index is 14.0. The lowest BCUT2D eigenvalue weighted by Gasteiger charge is -2.41. The van der Waals surface area contributed by atoms with Gasteiger partial charge in [0.1, 0.15) is 11.6 Å². The highest BCUT2D eigenvalue weighted by atomic mass is 16.5. The van der Waals surface area contributed by atoms with E-state index < -0.39 is 34.6 Å². The Morgan fingerprint density at radius 3 is 2.36 bits per heavy atom. The molecule has 4 aliphatic heterocycles. The van der Waals surface area contributed by atoms with Gasteiger partial charge in [0.2, 0.25) is 17.7 Å². The van der Waals surface area contributed by atoms with E-state index in [0.29, 0.717) is 26.1 Å². The number of rotatable bonds is 5. The Bertz CT molecular complexity index is 893. The molecule has 0 bridgehead atoms. The Kier molecular flexibility index (Phi) is 5.98. The summed E-state index contributed by atoms with van der Waals surface area (Å²) in [5.41, 5.74) is -2.65. The molecule has 182 valence electrons. The van der Waals surface area contributed by atoms with Crippen LogP contribution in [-0.2, 0) is 19.1 Å². The number of likely N-dealkylation sites (tertiary alicyclic amines) is 1. The highest BCUT2D eigenvalue weighted by Gasteiger charge is 2.74. The summed E-state index contributed by atoms with van der Waals surface area (Å²) in [6.45, 7) is 11.5. The molecule has 33 heavy (non-hydrogen) atoms. The van der Waals surface area contributed by atoms with Gasteiger partial charge in [0, 0.05) is 38.3 Å². The van der Waals surface area contributed by atoms with Gasteiger partial charge in [-0.2, -0.15) is 0 Å². The maximum atomic E-state index is 14.0. The molecule has 4 heterocycles. The van der Waals surface area contributed by atoms with Crippen LogP contribution in [0.5, 0.6) is 0 Å². The Labute approximate surface area is 196 Å². The van der Waals surface area contributed by atoms with Crippen LogP contribution >= 0.6 is 0 Å². The largest absolute Gasteiger partial charge is 0.396 e. The SMILES string of the molecule is CCCN1CC=C[C@@]2(C)O[C@]34C=CCN(C(C)(C)C)C(=O)C3N(CCCO)C(=O)[C@@H]4[C@H]2C1=O. The van der Waals surface area contributed by atoms with Crippen LogP contribution in [0.25, 0.3) is 0 Å². The van der Waals surface area contributed by atoms with Gasteiger partial charge >= 0.3 is 0 Å². The summed E-state index contributed by atoms with van der Waals surface area (Å²) in [5, 5.41) is 9.47. The van der Waals surface area contributed by atoms with Crippen molar-refractivity contribution in [2.45, 2.75) is 70.2 Å². The molecule has 1 N–H and O–H groups in total. The van der Waals surface area contributed by atoms with Gasteiger partial charge in [-0.15, -0.1) is 0 Å². The van der Waals surface area contributed by atoms with Gasteiger partial charge in [-0.05, 0) is 40.5 Å². The lowest BCUT2D eigenvalue weighted by molar-refractivity contribution is -0.155. The van der Waals surface area contributed by atoms with E-state index in [1.165, 1.54) is 0 Å². The number of aliphatic hydroxyl groups is 1. The van der Waals surface area contributed by atoms with E-state index in [-0.39, 0.29) is 30.9 Å². The van der Waals surface area contributed by atoms with Crippen LogP contribution in [0.2, 0.25) is 0 Å². The molecule has 2 fully saturated rings. The van der Waals surface area contributed by atoms with Crippen LogP contribution < -0.4 is 0 Å². The minimum Gasteiger partial charge on any atom is -0.396 e. The van der Waals surface area contributed by atoms with Crippen LogP contribution in [0.1, 0.15) is 47.5 Å². The van der Waals surface area contributed by atoms with E-state index in [9.17, 15) is 19.5 Å². The summed E-state index contributed by atoms with van der Waals surface area (Å²) in [6, 6.07) is -0.871. The lowest BCUT2D eigenvalue weighted by Crippen LogP contribution is -2.59. The zero-order valence-corrected chi connectivity index (χ0v) is 20.4. The van der Waals surface area contributed by atoms with Crippen molar-refractivity contribution in [3.63, 3.8) is 0 Å². The average Bonchev–Trinajstić information content (AvgIpc) is 2.99.